The number of piperidine rings is 1. The fraction of sp³-hybridized carbons (Fsp3) is 0.286. The van der Waals surface area contributed by atoms with Gasteiger partial charge < -0.3 is 37.0 Å². The molecule has 1 saturated heterocycles. The fourth-order valence-corrected chi connectivity index (χ4v) is 4.23. The third kappa shape index (κ3) is 3.81. The smallest absolute Gasteiger partial charge is 0.197 e. The van der Waals surface area contributed by atoms with Crippen LogP contribution in [0.2, 0.25) is 5.02 Å². The minimum absolute atomic E-state index is 0. The number of fused-ring (bicyclic) bond motifs is 1. The van der Waals surface area contributed by atoms with Crippen molar-refractivity contribution < 1.29 is 37.0 Å². The molecule has 6 nitrogen and oxygen atoms in total. The van der Waals surface area contributed by atoms with Crippen LogP contribution >= 0.6 is 11.6 Å². The molecule has 0 saturated carbocycles. The van der Waals surface area contributed by atoms with Crippen molar-refractivity contribution in [2.24, 2.45) is 0 Å². The van der Waals surface area contributed by atoms with Gasteiger partial charge in [-0.05, 0) is 12.1 Å². The van der Waals surface area contributed by atoms with Crippen molar-refractivity contribution in [2.45, 2.75) is 18.4 Å². The van der Waals surface area contributed by atoms with Gasteiger partial charge in [0.15, 0.2) is 5.43 Å². The first-order valence-electron chi connectivity index (χ1n) is 9.13. The van der Waals surface area contributed by atoms with Crippen LogP contribution in [0.15, 0.2) is 45.6 Å². The van der Waals surface area contributed by atoms with Gasteiger partial charge in [-0.3, -0.25) is 4.79 Å². The topological polar surface area (TPSA) is 95.3 Å². The molecule has 1 aromatic heterocycles. The number of likely N-dealkylation sites (tertiary alicyclic amines) is 1. The number of nitrogens with one attached hydrogen (secondary N) is 1. The number of aromatic hydroxyl groups is 2. The van der Waals surface area contributed by atoms with Crippen LogP contribution in [0.3, 0.4) is 0 Å². The van der Waals surface area contributed by atoms with E-state index in [9.17, 15) is 20.1 Å². The van der Waals surface area contributed by atoms with E-state index in [-0.39, 0.29) is 40.6 Å². The zero-order valence-corrected chi connectivity index (χ0v) is 17.2. The Morgan fingerprint density at radius 2 is 1.90 bits per heavy atom. The molecule has 0 amide bonds. The van der Waals surface area contributed by atoms with Crippen molar-refractivity contribution in [3.8, 4) is 22.8 Å². The molecule has 1 fully saturated rings. The van der Waals surface area contributed by atoms with Crippen LogP contribution in [0.1, 0.15) is 17.9 Å². The van der Waals surface area contributed by atoms with E-state index in [0.717, 1.165) is 12.6 Å². The highest BCUT2D eigenvalue weighted by molar-refractivity contribution is 6.33. The molecule has 0 radical (unpaired) electrons. The van der Waals surface area contributed by atoms with Crippen LogP contribution in [-0.4, -0.2) is 41.6 Å². The maximum absolute atomic E-state index is 12.8. The molecule has 154 valence electrons. The molecular weight excluding hydrogens is 417 g/mol. The van der Waals surface area contributed by atoms with Crippen molar-refractivity contribution in [2.75, 3.05) is 20.1 Å². The Kier molecular flexibility index (Phi) is 6.10. The van der Waals surface area contributed by atoms with Crippen molar-refractivity contribution >= 4 is 22.6 Å². The summed E-state index contributed by atoms with van der Waals surface area (Å²) in [4.78, 5) is 14.0. The molecule has 29 heavy (non-hydrogen) atoms. The normalized spacial score (nSPS) is 21.7. The number of phenols is 2. The van der Waals surface area contributed by atoms with Gasteiger partial charge in [-0.15, -0.1) is 0 Å². The van der Waals surface area contributed by atoms with E-state index in [0.29, 0.717) is 29.1 Å². The van der Waals surface area contributed by atoms with Crippen molar-refractivity contribution in [3.05, 3.63) is 57.2 Å². The van der Waals surface area contributed by atoms with Crippen LogP contribution < -0.4 is 22.7 Å². The summed E-state index contributed by atoms with van der Waals surface area (Å²) in [5.74, 6) is -0.726. The summed E-state index contributed by atoms with van der Waals surface area (Å²) in [5, 5.41) is 31.8. The number of likely N-dealkylation sites (N-methyl/N-ethyl adjacent to an activating group) is 1. The Balaban J connectivity index is 0.00000240. The molecule has 4 rings (SSSR count). The molecule has 8 heteroatoms. The van der Waals surface area contributed by atoms with Crippen LogP contribution in [0.25, 0.3) is 22.3 Å². The van der Waals surface area contributed by atoms with Gasteiger partial charge in [-0.2, -0.15) is 0 Å². The first-order valence-corrected chi connectivity index (χ1v) is 9.51. The molecule has 2 heterocycles. The third-order valence-corrected chi connectivity index (χ3v) is 5.74. The predicted molar refractivity (Wildman–Crippen MR) is 106 cm³/mol. The summed E-state index contributed by atoms with van der Waals surface area (Å²) < 4.78 is 6.01. The zero-order valence-electron chi connectivity index (χ0n) is 15.7. The standard InChI is InChI=1S/C21H20ClNO5.ClH/c1-23-7-6-12(17(27)10-23)19-14(24)8-15(25)20-16(26)9-18(28-21(19)20)11-4-2-3-5-13(11)22;/h2-5,8-9,12,17,24-25,27H,6-7,10H2,1H3;1H/t12-,17+;/m1./s1. The van der Waals surface area contributed by atoms with E-state index in [1.165, 1.54) is 11.0 Å². The average Bonchev–Trinajstić information content (AvgIpc) is 2.63. The lowest BCUT2D eigenvalue weighted by molar-refractivity contribution is -0.888. The largest absolute Gasteiger partial charge is 1.00 e. The summed E-state index contributed by atoms with van der Waals surface area (Å²) in [7, 11) is 1.99. The molecule has 3 atom stereocenters. The van der Waals surface area contributed by atoms with Gasteiger partial charge in [0.1, 0.15) is 40.9 Å². The van der Waals surface area contributed by atoms with Gasteiger partial charge in [-0.1, -0.05) is 23.7 Å². The highest BCUT2D eigenvalue weighted by atomic mass is 35.5. The average molecular weight is 438 g/mol. The van der Waals surface area contributed by atoms with Gasteiger partial charge in [-0.25, -0.2) is 0 Å². The minimum atomic E-state index is -0.707. The minimum Gasteiger partial charge on any atom is -1.00 e. The molecule has 4 N–H and O–H groups in total. The van der Waals surface area contributed by atoms with E-state index >= 15 is 0 Å². The van der Waals surface area contributed by atoms with E-state index in [1.807, 2.05) is 7.05 Å². The summed E-state index contributed by atoms with van der Waals surface area (Å²) in [5.41, 5.74) is 0.524. The number of phenolic OH excluding ortho intramolecular Hbond substituents is 2. The van der Waals surface area contributed by atoms with Crippen molar-refractivity contribution in [3.63, 3.8) is 0 Å². The second kappa shape index (κ2) is 8.24. The van der Waals surface area contributed by atoms with E-state index in [4.69, 9.17) is 16.0 Å². The number of aliphatic hydroxyl groups excluding tert-OH is 1. The lowest BCUT2D eigenvalue weighted by Gasteiger charge is -2.32. The van der Waals surface area contributed by atoms with Crippen molar-refractivity contribution in [1.29, 1.82) is 0 Å². The number of hydrogen-bond donors (Lipinski definition) is 4. The second-order valence-corrected chi connectivity index (χ2v) is 7.77. The number of halogens is 2. The summed E-state index contributed by atoms with van der Waals surface area (Å²) in [6.07, 6.45) is -0.0952. The number of quaternary nitrogens is 1. The predicted octanol–water partition coefficient (Wildman–Crippen LogP) is -1.11. The summed E-state index contributed by atoms with van der Waals surface area (Å²) in [6, 6.07) is 9.37. The first kappa shape index (κ1) is 21.5. The highest BCUT2D eigenvalue weighted by Crippen LogP contribution is 2.42. The maximum Gasteiger partial charge on any atom is 0.197 e. The Bertz CT molecular complexity index is 1110. The first-order chi connectivity index (χ1) is 13.4. The molecule has 1 aliphatic rings. The third-order valence-electron chi connectivity index (χ3n) is 5.41. The van der Waals surface area contributed by atoms with Crippen LogP contribution in [-0.2, 0) is 0 Å². The molecule has 0 aliphatic carbocycles. The SMILES string of the molecule is C[NH+]1CC[C@@H](c2c(O)cc(O)c3c(=O)cc(-c4ccccc4Cl)oc23)[C@@H](O)C1.[Cl-]. The van der Waals surface area contributed by atoms with Crippen LogP contribution in [0.4, 0.5) is 0 Å². The lowest BCUT2D eigenvalue weighted by atomic mass is 9.85. The number of rotatable bonds is 2. The number of hydrogen-bond acceptors (Lipinski definition) is 5. The Labute approximate surface area is 178 Å². The van der Waals surface area contributed by atoms with E-state index in [2.05, 4.69) is 0 Å². The van der Waals surface area contributed by atoms with E-state index in [1.54, 1.807) is 24.3 Å². The molecule has 3 aromatic rings. The van der Waals surface area contributed by atoms with Gasteiger partial charge in [0.25, 0.3) is 0 Å². The van der Waals surface area contributed by atoms with Crippen LogP contribution in [0, 0.1) is 0 Å². The fourth-order valence-electron chi connectivity index (χ4n) is 4.01. The summed E-state index contributed by atoms with van der Waals surface area (Å²) in [6.45, 7) is 1.32. The highest BCUT2D eigenvalue weighted by Gasteiger charge is 2.35. The summed E-state index contributed by atoms with van der Waals surface area (Å²) >= 11 is 6.25. The van der Waals surface area contributed by atoms with Crippen LogP contribution in [0.5, 0.6) is 11.5 Å². The number of aliphatic hydroxyl groups is 1. The Morgan fingerprint density at radius 3 is 2.59 bits per heavy atom. The van der Waals surface area contributed by atoms with Gasteiger partial charge in [0.05, 0.1) is 18.6 Å². The molecule has 0 bridgehead atoms. The van der Waals surface area contributed by atoms with E-state index < -0.39 is 17.5 Å². The molecule has 1 unspecified atom stereocenters. The molecular formula is C21H21Cl2NO5. The van der Waals surface area contributed by atoms with Crippen molar-refractivity contribution in [1.82, 2.24) is 0 Å². The van der Waals surface area contributed by atoms with Gasteiger partial charge in [0, 0.05) is 35.6 Å². The Morgan fingerprint density at radius 1 is 1.17 bits per heavy atom. The molecule has 1 aliphatic heterocycles. The second-order valence-electron chi connectivity index (χ2n) is 7.36. The van der Waals surface area contributed by atoms with Gasteiger partial charge >= 0.3 is 0 Å². The lowest BCUT2D eigenvalue weighted by Crippen LogP contribution is -3.11. The zero-order chi connectivity index (χ0) is 20.0. The Hall–Kier alpha value is -2.25. The maximum atomic E-state index is 12.8. The molecule has 2 aromatic carbocycles. The number of benzene rings is 2. The quantitative estimate of drug-likeness (QED) is 0.407. The van der Waals surface area contributed by atoms with Gasteiger partial charge in [0.2, 0.25) is 0 Å². The molecule has 0 spiro atoms. The monoisotopic (exact) mass is 437 g/mol.